The number of nitrogens with one attached hydrogen (secondary N) is 1. The summed E-state index contributed by atoms with van der Waals surface area (Å²) in [6, 6.07) is 3.81. The first-order chi connectivity index (χ1) is 11.2. The summed E-state index contributed by atoms with van der Waals surface area (Å²) in [5.41, 5.74) is 1.61. The zero-order valence-corrected chi connectivity index (χ0v) is 15.9. The number of carbonyl (C=O) groups excluding carboxylic acids is 1. The Kier molecular flexibility index (Phi) is 5.34. The number of anilines is 1. The Morgan fingerprint density at radius 1 is 1.38 bits per heavy atom. The maximum Gasteiger partial charge on any atom is 0.246 e. The Bertz CT molecular complexity index is 890. The summed E-state index contributed by atoms with van der Waals surface area (Å²) in [6.07, 6.45) is 0. The number of carbonyl (C=O) groups is 1. The van der Waals surface area contributed by atoms with Crippen LogP contribution in [0, 0.1) is 13.8 Å². The van der Waals surface area contributed by atoms with Gasteiger partial charge in [-0.05, 0) is 48.0 Å². The number of benzene rings is 1. The average molecular weight is 416 g/mol. The molecule has 9 heteroatoms. The SMILES string of the molecule is CCS(=O)(=O)c1ccc(O)c(NC(=O)Cn2nc(C)c(Br)c2C)c1. The number of halogens is 1. The van der Waals surface area contributed by atoms with Gasteiger partial charge in [-0.25, -0.2) is 8.42 Å². The van der Waals surface area contributed by atoms with E-state index in [1.54, 1.807) is 0 Å². The van der Waals surface area contributed by atoms with Crippen molar-refractivity contribution in [2.24, 2.45) is 0 Å². The van der Waals surface area contributed by atoms with Crippen LogP contribution in [0.4, 0.5) is 5.69 Å². The molecule has 0 saturated carbocycles. The minimum Gasteiger partial charge on any atom is -0.506 e. The van der Waals surface area contributed by atoms with Crippen LogP contribution >= 0.6 is 15.9 Å². The van der Waals surface area contributed by atoms with Crippen molar-refractivity contribution >= 4 is 37.4 Å². The summed E-state index contributed by atoms with van der Waals surface area (Å²) in [5, 5.41) is 16.6. The number of phenolic OH excluding ortho intramolecular Hbond substituents is 1. The quantitative estimate of drug-likeness (QED) is 0.729. The number of sulfone groups is 1. The van der Waals surface area contributed by atoms with Gasteiger partial charge in [-0.2, -0.15) is 5.10 Å². The lowest BCUT2D eigenvalue weighted by atomic mass is 10.3. The van der Waals surface area contributed by atoms with Gasteiger partial charge in [-0.1, -0.05) is 6.92 Å². The second kappa shape index (κ2) is 6.94. The predicted octanol–water partition coefficient (Wildman–Crippen LogP) is 2.40. The zero-order valence-electron chi connectivity index (χ0n) is 13.5. The molecule has 1 amide bonds. The Morgan fingerprint density at radius 2 is 2.04 bits per heavy atom. The minimum absolute atomic E-state index is 0.0481. The topological polar surface area (TPSA) is 101 Å². The maximum atomic E-state index is 12.2. The number of aromatic nitrogens is 2. The molecule has 0 bridgehead atoms. The maximum absolute atomic E-state index is 12.2. The van der Waals surface area contributed by atoms with Gasteiger partial charge in [0, 0.05) is 0 Å². The van der Waals surface area contributed by atoms with Crippen molar-refractivity contribution in [3.63, 3.8) is 0 Å². The predicted molar refractivity (Wildman–Crippen MR) is 93.9 cm³/mol. The van der Waals surface area contributed by atoms with E-state index in [0.717, 1.165) is 15.9 Å². The van der Waals surface area contributed by atoms with Crippen LogP contribution in [0.15, 0.2) is 27.6 Å². The normalized spacial score (nSPS) is 11.5. The van der Waals surface area contributed by atoms with Crippen molar-refractivity contribution in [3.05, 3.63) is 34.1 Å². The molecule has 24 heavy (non-hydrogen) atoms. The van der Waals surface area contributed by atoms with Crippen LogP contribution in [0.1, 0.15) is 18.3 Å². The first-order valence-electron chi connectivity index (χ1n) is 7.20. The van der Waals surface area contributed by atoms with E-state index in [1.165, 1.54) is 29.8 Å². The van der Waals surface area contributed by atoms with Crippen molar-refractivity contribution in [2.75, 3.05) is 11.1 Å². The van der Waals surface area contributed by atoms with Crippen LogP contribution in [0.25, 0.3) is 0 Å². The fraction of sp³-hybridized carbons (Fsp3) is 0.333. The third-order valence-corrected chi connectivity index (χ3v) is 6.45. The first-order valence-corrected chi connectivity index (χ1v) is 9.65. The lowest BCUT2D eigenvalue weighted by Crippen LogP contribution is -2.20. The molecule has 2 N–H and O–H groups in total. The number of aromatic hydroxyl groups is 1. The molecule has 1 aromatic carbocycles. The molecule has 0 atom stereocenters. The van der Waals surface area contributed by atoms with Gasteiger partial charge >= 0.3 is 0 Å². The van der Waals surface area contributed by atoms with Crippen LogP contribution in [0.3, 0.4) is 0 Å². The number of phenols is 1. The molecular formula is C15H18BrN3O4S. The number of aryl methyl sites for hydroxylation is 1. The molecule has 130 valence electrons. The fourth-order valence-corrected chi connectivity index (χ4v) is 3.32. The number of nitrogens with zero attached hydrogens (tertiary/aromatic N) is 2. The van der Waals surface area contributed by atoms with Crippen LogP contribution in [-0.2, 0) is 21.2 Å². The molecule has 0 aliphatic carbocycles. The van der Waals surface area contributed by atoms with E-state index in [0.29, 0.717) is 0 Å². The van der Waals surface area contributed by atoms with Gasteiger partial charge in [0.05, 0.1) is 32.2 Å². The van der Waals surface area contributed by atoms with E-state index in [4.69, 9.17) is 0 Å². The van der Waals surface area contributed by atoms with Crippen LogP contribution in [0.2, 0.25) is 0 Å². The van der Waals surface area contributed by atoms with Gasteiger partial charge in [0.25, 0.3) is 0 Å². The summed E-state index contributed by atoms with van der Waals surface area (Å²) in [4.78, 5) is 12.2. The average Bonchev–Trinajstić information content (AvgIpc) is 2.76. The Morgan fingerprint density at radius 3 is 2.58 bits per heavy atom. The molecule has 0 saturated heterocycles. The van der Waals surface area contributed by atoms with Crippen molar-refractivity contribution < 1.29 is 18.3 Å². The van der Waals surface area contributed by atoms with Gasteiger partial charge < -0.3 is 10.4 Å². The van der Waals surface area contributed by atoms with E-state index < -0.39 is 15.7 Å². The number of hydrogen-bond donors (Lipinski definition) is 2. The largest absolute Gasteiger partial charge is 0.506 e. The van der Waals surface area contributed by atoms with E-state index in [9.17, 15) is 18.3 Å². The molecule has 2 rings (SSSR count). The molecule has 7 nitrogen and oxygen atoms in total. The second-order valence-corrected chi connectivity index (χ2v) is 8.34. The van der Waals surface area contributed by atoms with Gasteiger partial charge in [-0.3, -0.25) is 9.48 Å². The third kappa shape index (κ3) is 3.78. The minimum atomic E-state index is -3.43. The molecule has 0 unspecified atom stereocenters. The second-order valence-electron chi connectivity index (χ2n) is 5.27. The number of hydrogen-bond acceptors (Lipinski definition) is 5. The third-order valence-electron chi connectivity index (χ3n) is 3.57. The molecule has 0 aliphatic rings. The van der Waals surface area contributed by atoms with Gasteiger partial charge in [0.2, 0.25) is 5.91 Å². The van der Waals surface area contributed by atoms with Crippen molar-refractivity contribution in [2.45, 2.75) is 32.2 Å². The molecular weight excluding hydrogens is 398 g/mol. The standard InChI is InChI=1S/C15H18BrN3O4S/c1-4-24(22,23)11-5-6-13(20)12(7-11)17-14(21)8-19-10(3)15(16)9(2)18-19/h5-7,20H,4,8H2,1-3H3,(H,17,21). The van der Waals surface area contributed by atoms with Crippen LogP contribution in [0.5, 0.6) is 5.75 Å². The van der Waals surface area contributed by atoms with E-state index in [2.05, 4.69) is 26.3 Å². The highest BCUT2D eigenvalue weighted by atomic mass is 79.9. The highest BCUT2D eigenvalue weighted by molar-refractivity contribution is 9.10. The molecule has 1 heterocycles. The van der Waals surface area contributed by atoms with E-state index >= 15 is 0 Å². The summed E-state index contributed by atoms with van der Waals surface area (Å²) in [7, 11) is -3.43. The Balaban J connectivity index is 2.22. The van der Waals surface area contributed by atoms with Gasteiger partial charge in [-0.15, -0.1) is 0 Å². The van der Waals surface area contributed by atoms with Crippen molar-refractivity contribution in [1.29, 1.82) is 0 Å². The molecule has 0 fully saturated rings. The summed E-state index contributed by atoms with van der Waals surface area (Å²) >= 11 is 3.39. The first kappa shape index (κ1) is 18.5. The van der Waals surface area contributed by atoms with Crippen LogP contribution < -0.4 is 5.32 Å². The van der Waals surface area contributed by atoms with Gasteiger partial charge in [0.15, 0.2) is 9.84 Å². The number of amides is 1. The smallest absolute Gasteiger partial charge is 0.246 e. The van der Waals surface area contributed by atoms with Crippen LogP contribution in [-0.4, -0.2) is 35.0 Å². The molecule has 1 aromatic heterocycles. The highest BCUT2D eigenvalue weighted by Gasteiger charge is 2.16. The fourth-order valence-electron chi connectivity index (χ4n) is 2.13. The van der Waals surface area contributed by atoms with E-state index in [1.807, 2.05) is 13.8 Å². The molecule has 0 aliphatic heterocycles. The summed E-state index contributed by atoms with van der Waals surface area (Å²) < 4.78 is 26.2. The summed E-state index contributed by atoms with van der Waals surface area (Å²) in [5.74, 6) is -0.687. The lowest BCUT2D eigenvalue weighted by molar-refractivity contribution is -0.117. The Hall–Kier alpha value is -1.87. The zero-order chi connectivity index (χ0) is 18.1. The number of rotatable bonds is 5. The van der Waals surface area contributed by atoms with E-state index in [-0.39, 0.29) is 28.6 Å². The molecule has 0 radical (unpaired) electrons. The molecule has 0 spiro atoms. The van der Waals surface area contributed by atoms with Gasteiger partial charge in [0.1, 0.15) is 12.3 Å². The Labute approximate surface area is 148 Å². The highest BCUT2D eigenvalue weighted by Crippen LogP contribution is 2.27. The summed E-state index contributed by atoms with van der Waals surface area (Å²) in [6.45, 7) is 5.11. The van der Waals surface area contributed by atoms with Crippen molar-refractivity contribution in [3.8, 4) is 5.75 Å². The monoisotopic (exact) mass is 415 g/mol. The van der Waals surface area contributed by atoms with Crippen molar-refractivity contribution in [1.82, 2.24) is 9.78 Å². The lowest BCUT2D eigenvalue weighted by Gasteiger charge is -2.10. The molecule has 2 aromatic rings.